The molecule has 1 saturated carbocycles. The largest absolute Gasteiger partial charge is 0.391 e. The van der Waals surface area contributed by atoms with Crippen molar-refractivity contribution in [2.24, 2.45) is 0 Å². The molecule has 0 radical (unpaired) electrons. The Morgan fingerprint density at radius 3 is 2.71 bits per heavy atom. The average Bonchev–Trinajstić information content (AvgIpc) is 2.32. The van der Waals surface area contributed by atoms with Gasteiger partial charge in [-0.1, -0.05) is 25.8 Å². The van der Waals surface area contributed by atoms with Crippen LogP contribution in [0.4, 0.5) is 5.69 Å². The van der Waals surface area contributed by atoms with Crippen molar-refractivity contribution in [1.82, 2.24) is 0 Å². The molecule has 94 valence electrons. The van der Waals surface area contributed by atoms with E-state index in [4.69, 9.17) is 0 Å². The van der Waals surface area contributed by atoms with Crippen LogP contribution in [0.3, 0.4) is 0 Å². The first-order valence-electron chi connectivity index (χ1n) is 6.75. The zero-order chi connectivity index (χ0) is 12.3. The van der Waals surface area contributed by atoms with Gasteiger partial charge in [-0.15, -0.1) is 0 Å². The van der Waals surface area contributed by atoms with E-state index in [1.165, 1.54) is 17.5 Å². The maximum atomic E-state index is 9.94. The van der Waals surface area contributed by atoms with Crippen molar-refractivity contribution in [3.63, 3.8) is 0 Å². The second-order valence-electron chi connectivity index (χ2n) is 5.10. The van der Waals surface area contributed by atoms with E-state index in [9.17, 15) is 5.11 Å². The number of aryl methyl sites for hydroxylation is 2. The molecule has 2 nitrogen and oxygen atoms in total. The van der Waals surface area contributed by atoms with Crippen molar-refractivity contribution in [3.05, 3.63) is 29.3 Å². The van der Waals surface area contributed by atoms with Gasteiger partial charge in [-0.2, -0.15) is 0 Å². The fourth-order valence-corrected chi connectivity index (χ4v) is 2.68. The minimum absolute atomic E-state index is 0.185. The second kappa shape index (κ2) is 5.54. The SMILES string of the molecule is CCc1ccc(N[C@H]2CCCC[C@@H]2O)cc1C. The standard InChI is InChI=1S/C15H23NO/c1-3-12-8-9-13(10-11(12)2)16-14-6-4-5-7-15(14)17/h8-10,14-17H,3-7H2,1-2H3/t14-,15-/m0/s1. The summed E-state index contributed by atoms with van der Waals surface area (Å²) in [6, 6.07) is 6.75. The van der Waals surface area contributed by atoms with Gasteiger partial charge in [0.25, 0.3) is 0 Å². The first-order valence-corrected chi connectivity index (χ1v) is 6.75. The molecule has 0 bridgehead atoms. The maximum absolute atomic E-state index is 9.94. The molecule has 0 heterocycles. The number of rotatable bonds is 3. The van der Waals surface area contributed by atoms with Crippen LogP contribution in [0.1, 0.15) is 43.7 Å². The summed E-state index contributed by atoms with van der Waals surface area (Å²) in [7, 11) is 0. The summed E-state index contributed by atoms with van der Waals surface area (Å²) in [5.41, 5.74) is 3.88. The number of benzene rings is 1. The lowest BCUT2D eigenvalue weighted by Gasteiger charge is -2.29. The Morgan fingerprint density at radius 1 is 1.29 bits per heavy atom. The Balaban J connectivity index is 2.05. The zero-order valence-electron chi connectivity index (χ0n) is 10.9. The van der Waals surface area contributed by atoms with Crippen LogP contribution in [0.15, 0.2) is 18.2 Å². The highest BCUT2D eigenvalue weighted by Crippen LogP contribution is 2.23. The summed E-state index contributed by atoms with van der Waals surface area (Å²) >= 11 is 0. The van der Waals surface area contributed by atoms with Gasteiger partial charge < -0.3 is 10.4 Å². The van der Waals surface area contributed by atoms with Crippen LogP contribution in [0.25, 0.3) is 0 Å². The Bertz CT molecular complexity index is 375. The number of aliphatic hydroxyl groups is 1. The van der Waals surface area contributed by atoms with Crippen LogP contribution >= 0.6 is 0 Å². The minimum atomic E-state index is -0.185. The lowest BCUT2D eigenvalue weighted by atomic mass is 9.92. The number of hydrogen-bond acceptors (Lipinski definition) is 2. The molecule has 2 atom stereocenters. The molecule has 0 amide bonds. The van der Waals surface area contributed by atoms with E-state index >= 15 is 0 Å². The first-order chi connectivity index (χ1) is 8.20. The zero-order valence-corrected chi connectivity index (χ0v) is 10.9. The van der Waals surface area contributed by atoms with Gasteiger partial charge in [-0.05, 0) is 49.4 Å². The molecule has 1 fully saturated rings. The number of aliphatic hydroxyl groups excluding tert-OH is 1. The molecule has 0 unspecified atom stereocenters. The summed E-state index contributed by atoms with van der Waals surface area (Å²) in [6.07, 6.45) is 5.29. The van der Waals surface area contributed by atoms with Crippen molar-refractivity contribution >= 4 is 5.69 Å². The Labute approximate surface area is 104 Å². The molecule has 1 aliphatic rings. The van der Waals surface area contributed by atoms with E-state index in [0.717, 1.165) is 31.4 Å². The van der Waals surface area contributed by atoms with E-state index in [0.29, 0.717) is 0 Å². The smallest absolute Gasteiger partial charge is 0.0741 e. The number of hydrogen-bond donors (Lipinski definition) is 2. The van der Waals surface area contributed by atoms with Gasteiger partial charge in [-0.25, -0.2) is 0 Å². The van der Waals surface area contributed by atoms with E-state index in [1.54, 1.807) is 0 Å². The van der Waals surface area contributed by atoms with Gasteiger partial charge in [0.15, 0.2) is 0 Å². The Morgan fingerprint density at radius 2 is 2.06 bits per heavy atom. The molecule has 2 rings (SSSR count). The van der Waals surface area contributed by atoms with Crippen LogP contribution in [-0.2, 0) is 6.42 Å². The molecule has 2 heteroatoms. The molecule has 1 aromatic rings. The van der Waals surface area contributed by atoms with Crippen LogP contribution in [-0.4, -0.2) is 17.3 Å². The molecule has 0 saturated heterocycles. The number of anilines is 1. The second-order valence-corrected chi connectivity index (χ2v) is 5.10. The predicted octanol–water partition coefficient (Wildman–Crippen LogP) is 3.27. The fourth-order valence-electron chi connectivity index (χ4n) is 2.68. The Kier molecular flexibility index (Phi) is 4.06. The molecular weight excluding hydrogens is 210 g/mol. The summed E-state index contributed by atoms with van der Waals surface area (Å²) in [5, 5.41) is 13.4. The van der Waals surface area contributed by atoms with Crippen molar-refractivity contribution < 1.29 is 5.11 Å². The minimum Gasteiger partial charge on any atom is -0.391 e. The van der Waals surface area contributed by atoms with E-state index in [2.05, 4.69) is 37.4 Å². The van der Waals surface area contributed by atoms with Gasteiger partial charge in [0.1, 0.15) is 0 Å². The first kappa shape index (κ1) is 12.4. The average molecular weight is 233 g/mol. The number of nitrogens with one attached hydrogen (secondary N) is 1. The van der Waals surface area contributed by atoms with Crippen molar-refractivity contribution in [2.45, 2.75) is 58.1 Å². The third kappa shape index (κ3) is 3.01. The summed E-state index contributed by atoms with van der Waals surface area (Å²) in [5.74, 6) is 0. The summed E-state index contributed by atoms with van der Waals surface area (Å²) in [4.78, 5) is 0. The Hall–Kier alpha value is -1.02. The van der Waals surface area contributed by atoms with E-state index in [1.807, 2.05) is 0 Å². The lowest BCUT2D eigenvalue weighted by Crippen LogP contribution is -2.36. The molecule has 1 aromatic carbocycles. The maximum Gasteiger partial charge on any atom is 0.0741 e. The van der Waals surface area contributed by atoms with Gasteiger partial charge in [0, 0.05) is 5.69 Å². The molecule has 2 N–H and O–H groups in total. The van der Waals surface area contributed by atoms with Crippen LogP contribution in [0, 0.1) is 6.92 Å². The third-order valence-electron chi connectivity index (χ3n) is 3.81. The highest BCUT2D eigenvalue weighted by atomic mass is 16.3. The molecule has 17 heavy (non-hydrogen) atoms. The summed E-state index contributed by atoms with van der Waals surface area (Å²) < 4.78 is 0. The quantitative estimate of drug-likeness (QED) is 0.839. The fraction of sp³-hybridized carbons (Fsp3) is 0.600. The molecule has 1 aliphatic carbocycles. The van der Waals surface area contributed by atoms with Crippen molar-refractivity contribution in [3.8, 4) is 0 Å². The molecule has 0 aliphatic heterocycles. The van der Waals surface area contributed by atoms with Crippen LogP contribution in [0.2, 0.25) is 0 Å². The van der Waals surface area contributed by atoms with Crippen molar-refractivity contribution in [1.29, 1.82) is 0 Å². The lowest BCUT2D eigenvalue weighted by molar-refractivity contribution is 0.116. The normalized spacial score (nSPS) is 24.6. The summed E-state index contributed by atoms with van der Waals surface area (Å²) in [6.45, 7) is 4.33. The van der Waals surface area contributed by atoms with E-state index < -0.39 is 0 Å². The van der Waals surface area contributed by atoms with Crippen molar-refractivity contribution in [2.75, 3.05) is 5.32 Å². The highest BCUT2D eigenvalue weighted by molar-refractivity contribution is 5.49. The van der Waals surface area contributed by atoms with Gasteiger partial charge in [-0.3, -0.25) is 0 Å². The highest BCUT2D eigenvalue weighted by Gasteiger charge is 2.22. The van der Waals surface area contributed by atoms with Crippen LogP contribution in [0.5, 0.6) is 0 Å². The molecule has 0 aromatic heterocycles. The molecular formula is C15H23NO. The van der Waals surface area contributed by atoms with Gasteiger partial charge in [0.05, 0.1) is 12.1 Å². The topological polar surface area (TPSA) is 32.3 Å². The van der Waals surface area contributed by atoms with E-state index in [-0.39, 0.29) is 12.1 Å². The van der Waals surface area contributed by atoms with Gasteiger partial charge >= 0.3 is 0 Å². The predicted molar refractivity (Wildman–Crippen MR) is 72.4 cm³/mol. The van der Waals surface area contributed by atoms with Crippen LogP contribution < -0.4 is 5.32 Å². The third-order valence-corrected chi connectivity index (χ3v) is 3.81. The van der Waals surface area contributed by atoms with Gasteiger partial charge in [0.2, 0.25) is 0 Å². The monoisotopic (exact) mass is 233 g/mol. The molecule has 0 spiro atoms.